The van der Waals surface area contributed by atoms with Gasteiger partial charge in [-0.3, -0.25) is 14.4 Å². The van der Waals surface area contributed by atoms with Gasteiger partial charge < -0.3 is 15.1 Å². The average Bonchev–Trinajstić information content (AvgIpc) is 2.83. The van der Waals surface area contributed by atoms with E-state index in [0.717, 1.165) is 26.2 Å². The molecule has 0 aromatic heterocycles. The zero-order valence-electron chi connectivity index (χ0n) is 14.1. The van der Waals surface area contributed by atoms with Crippen molar-refractivity contribution in [3.63, 3.8) is 0 Å². The van der Waals surface area contributed by atoms with Crippen molar-refractivity contribution < 1.29 is 24.2 Å². The predicted octanol–water partition coefficient (Wildman–Crippen LogP) is -2.31. The highest BCUT2D eigenvalue weighted by Crippen LogP contribution is 2.23. The van der Waals surface area contributed by atoms with Crippen LogP contribution in [0.5, 0.6) is 0 Å². The topological polar surface area (TPSA) is 75.4 Å². The highest BCUT2D eigenvalue weighted by atomic mass is 16.2. The van der Waals surface area contributed by atoms with Gasteiger partial charge in [0.15, 0.2) is 6.04 Å². The molecule has 2 aliphatic heterocycles. The molecule has 7 nitrogen and oxygen atoms in total. The summed E-state index contributed by atoms with van der Waals surface area (Å²) in [6.45, 7) is 5.33. The van der Waals surface area contributed by atoms with Crippen LogP contribution in [0.4, 0.5) is 11.4 Å². The number of rotatable bonds is 3. The first-order valence-electron chi connectivity index (χ1n) is 8.36. The molecule has 0 saturated carbocycles. The minimum Gasteiger partial charge on any atom is -0.328 e. The molecule has 1 atom stereocenters. The summed E-state index contributed by atoms with van der Waals surface area (Å²) in [6.07, 6.45) is 0.278. The van der Waals surface area contributed by atoms with Gasteiger partial charge in [0.25, 0.3) is 5.91 Å². The van der Waals surface area contributed by atoms with Crippen molar-refractivity contribution in [2.45, 2.75) is 19.4 Å². The van der Waals surface area contributed by atoms with E-state index in [1.54, 1.807) is 24.3 Å². The Morgan fingerprint density at radius 1 is 1.12 bits per heavy atom. The van der Waals surface area contributed by atoms with Crippen LogP contribution in [-0.2, 0) is 14.4 Å². The van der Waals surface area contributed by atoms with E-state index in [2.05, 4.69) is 12.4 Å². The third kappa shape index (κ3) is 3.32. The van der Waals surface area contributed by atoms with Crippen molar-refractivity contribution in [3.05, 3.63) is 24.3 Å². The lowest BCUT2D eigenvalue weighted by Gasteiger charge is -2.30. The minimum absolute atomic E-state index is 0.109. The van der Waals surface area contributed by atoms with Gasteiger partial charge >= 0.3 is 0 Å². The van der Waals surface area contributed by atoms with Crippen LogP contribution < -0.4 is 20.0 Å². The van der Waals surface area contributed by atoms with Gasteiger partial charge in [-0.25, -0.2) is 4.90 Å². The summed E-state index contributed by atoms with van der Waals surface area (Å²) in [4.78, 5) is 40.2. The maximum absolute atomic E-state index is 12.8. The average molecular weight is 332 g/mol. The van der Waals surface area contributed by atoms with Crippen LogP contribution in [0.1, 0.15) is 13.3 Å². The molecule has 2 fully saturated rings. The maximum Gasteiger partial charge on any atom is 0.292 e. The predicted molar refractivity (Wildman–Crippen MR) is 89.0 cm³/mol. The largest absolute Gasteiger partial charge is 0.328 e. The fourth-order valence-corrected chi connectivity index (χ4v) is 3.47. The number of amides is 3. The molecule has 0 unspecified atom stereocenters. The summed E-state index contributed by atoms with van der Waals surface area (Å²) in [5.41, 5.74) is 1.22. The highest BCUT2D eigenvalue weighted by molar-refractivity contribution is 6.21. The van der Waals surface area contributed by atoms with Crippen molar-refractivity contribution in [2.75, 3.05) is 43.4 Å². The highest BCUT2D eigenvalue weighted by Gasteiger charge is 2.46. The third-order valence-electron chi connectivity index (χ3n) is 4.83. The van der Waals surface area contributed by atoms with Crippen molar-refractivity contribution in [3.8, 4) is 0 Å². The fourth-order valence-electron chi connectivity index (χ4n) is 3.47. The number of likely N-dealkylation sites (N-methyl/N-ethyl adjacent to an activating group) is 1. The maximum atomic E-state index is 12.8. The van der Waals surface area contributed by atoms with E-state index in [1.165, 1.54) is 21.6 Å². The molecular formula is C17H24N4O3+2. The zero-order chi connectivity index (χ0) is 17.3. The number of hydrogen-bond acceptors (Lipinski definition) is 3. The van der Waals surface area contributed by atoms with Crippen LogP contribution >= 0.6 is 0 Å². The first-order valence-corrected chi connectivity index (χ1v) is 8.36. The van der Waals surface area contributed by atoms with Gasteiger partial charge in [0.1, 0.15) is 26.2 Å². The van der Waals surface area contributed by atoms with Crippen molar-refractivity contribution in [1.82, 2.24) is 0 Å². The molecular weight excluding hydrogens is 308 g/mol. The lowest BCUT2D eigenvalue weighted by molar-refractivity contribution is -1.01. The summed E-state index contributed by atoms with van der Waals surface area (Å²) >= 11 is 0. The molecule has 0 spiro atoms. The van der Waals surface area contributed by atoms with Gasteiger partial charge in [0, 0.05) is 12.6 Å². The number of anilines is 2. The van der Waals surface area contributed by atoms with E-state index >= 15 is 0 Å². The van der Waals surface area contributed by atoms with E-state index in [4.69, 9.17) is 0 Å². The zero-order valence-corrected chi connectivity index (χ0v) is 14.1. The number of hydrogen-bond donors (Lipinski definition) is 3. The molecule has 128 valence electrons. The van der Waals surface area contributed by atoms with E-state index < -0.39 is 0 Å². The van der Waals surface area contributed by atoms with Crippen LogP contribution in [0.2, 0.25) is 0 Å². The Morgan fingerprint density at radius 2 is 1.75 bits per heavy atom. The Labute approximate surface area is 141 Å². The van der Waals surface area contributed by atoms with Crippen LogP contribution in [-0.4, -0.2) is 57.0 Å². The molecule has 1 aromatic rings. The van der Waals surface area contributed by atoms with E-state index in [-0.39, 0.29) is 30.2 Å². The lowest BCUT2D eigenvalue weighted by atomic mass is 10.2. The van der Waals surface area contributed by atoms with Crippen molar-refractivity contribution in [1.29, 1.82) is 0 Å². The molecule has 2 heterocycles. The van der Waals surface area contributed by atoms with Gasteiger partial charge in [-0.1, -0.05) is 0 Å². The van der Waals surface area contributed by atoms with Crippen LogP contribution in [0.25, 0.3) is 0 Å². The van der Waals surface area contributed by atoms with Crippen molar-refractivity contribution >= 4 is 29.1 Å². The third-order valence-corrected chi connectivity index (χ3v) is 4.83. The molecule has 7 heteroatoms. The molecule has 3 N–H and O–H groups in total. The van der Waals surface area contributed by atoms with Gasteiger partial charge in [-0.2, -0.15) is 0 Å². The van der Waals surface area contributed by atoms with E-state index in [0.29, 0.717) is 11.4 Å². The number of imide groups is 1. The SMILES string of the molecule is CC(=O)Nc1ccc(N2C(=O)C[C@@H]([NH+]3CC[NH+](C)CC3)C2=O)cc1. The van der Waals surface area contributed by atoms with Gasteiger partial charge in [0.05, 0.1) is 19.2 Å². The number of benzene rings is 1. The Bertz CT molecular complexity index is 650. The lowest BCUT2D eigenvalue weighted by Crippen LogP contribution is -3.29. The molecule has 0 radical (unpaired) electrons. The van der Waals surface area contributed by atoms with Gasteiger partial charge in [-0.15, -0.1) is 0 Å². The van der Waals surface area contributed by atoms with Gasteiger partial charge in [-0.05, 0) is 24.3 Å². The number of piperazine rings is 1. The summed E-state index contributed by atoms with van der Waals surface area (Å²) in [6, 6.07) is 6.55. The summed E-state index contributed by atoms with van der Waals surface area (Å²) in [5.74, 6) is -0.408. The standard InChI is InChI=1S/C17H22N4O3/c1-12(22)18-13-3-5-14(6-4-13)21-16(23)11-15(17(21)24)20-9-7-19(2)8-10-20/h3-6,15H,7-11H2,1-2H3,(H,18,22)/p+2/t15-/m1/s1. The summed E-state index contributed by atoms with van der Waals surface area (Å²) in [7, 11) is 2.15. The fraction of sp³-hybridized carbons (Fsp3) is 0.471. The summed E-state index contributed by atoms with van der Waals surface area (Å²) < 4.78 is 0. The number of quaternary nitrogens is 2. The van der Waals surface area contributed by atoms with Crippen LogP contribution in [0.15, 0.2) is 24.3 Å². The van der Waals surface area contributed by atoms with Crippen LogP contribution in [0, 0.1) is 0 Å². The number of nitrogens with zero attached hydrogens (tertiary/aromatic N) is 1. The quantitative estimate of drug-likeness (QED) is 0.545. The molecule has 3 rings (SSSR count). The van der Waals surface area contributed by atoms with Crippen molar-refractivity contribution in [2.24, 2.45) is 0 Å². The normalized spacial score (nSPS) is 27.4. The number of nitrogens with one attached hydrogen (secondary N) is 3. The number of carbonyl (C=O) groups is 3. The second-order valence-corrected chi connectivity index (χ2v) is 6.67. The summed E-state index contributed by atoms with van der Waals surface area (Å²) in [5, 5.41) is 2.68. The van der Waals surface area contributed by atoms with Gasteiger partial charge in [0.2, 0.25) is 11.8 Å². The Hall–Kier alpha value is -2.25. The number of carbonyl (C=O) groups excluding carboxylic acids is 3. The van der Waals surface area contributed by atoms with E-state index in [9.17, 15) is 14.4 Å². The molecule has 3 amide bonds. The smallest absolute Gasteiger partial charge is 0.292 e. The second kappa shape index (κ2) is 6.70. The Morgan fingerprint density at radius 3 is 2.33 bits per heavy atom. The first-order chi connectivity index (χ1) is 11.5. The second-order valence-electron chi connectivity index (χ2n) is 6.67. The first kappa shape index (κ1) is 16.6. The monoisotopic (exact) mass is 332 g/mol. The molecule has 0 bridgehead atoms. The molecule has 24 heavy (non-hydrogen) atoms. The Kier molecular flexibility index (Phi) is 4.64. The molecule has 2 saturated heterocycles. The Balaban J connectivity index is 1.73. The van der Waals surface area contributed by atoms with E-state index in [1.807, 2.05) is 0 Å². The minimum atomic E-state index is -0.263. The molecule has 0 aliphatic carbocycles. The molecule has 2 aliphatic rings. The van der Waals surface area contributed by atoms with Crippen LogP contribution in [0.3, 0.4) is 0 Å². The molecule has 1 aromatic carbocycles.